The third-order valence-corrected chi connectivity index (χ3v) is 6.67. The molecule has 0 bridgehead atoms. The van der Waals surface area contributed by atoms with E-state index in [0.29, 0.717) is 6.54 Å². The van der Waals surface area contributed by atoms with Crippen molar-refractivity contribution >= 4 is 27.1 Å². The quantitative estimate of drug-likeness (QED) is 0.227. The number of aromatic nitrogens is 4. The Hall–Kier alpha value is -2.88. The van der Waals surface area contributed by atoms with Crippen LogP contribution in [0.3, 0.4) is 0 Å². The Labute approximate surface area is 182 Å². The Kier molecular flexibility index (Phi) is 5.98. The lowest BCUT2D eigenvalue weighted by Gasteiger charge is -2.16. The number of H-pyrrole nitrogens is 1. The zero-order chi connectivity index (χ0) is 23.0. The minimum absolute atomic E-state index is 0.0369. The second-order valence-electron chi connectivity index (χ2n) is 7.30. The molecule has 3 aromatic rings. The number of hydrogen-bond donors (Lipinski definition) is 6. The van der Waals surface area contributed by atoms with E-state index < -0.39 is 40.1 Å². The molecule has 1 aliphatic rings. The molecule has 1 fully saturated rings. The Bertz CT molecular complexity index is 1270. The largest absolute Gasteiger partial charge is 0.387 e. The first-order valence-electron chi connectivity index (χ1n) is 9.68. The first-order valence-corrected chi connectivity index (χ1v) is 11.2. The van der Waals surface area contributed by atoms with Gasteiger partial charge in [-0.25, -0.2) is 18.1 Å². The van der Waals surface area contributed by atoms with Crippen molar-refractivity contribution in [2.24, 2.45) is 0 Å². The smallest absolute Gasteiger partial charge is 0.280 e. The molecule has 7 N–H and O–H groups in total. The van der Waals surface area contributed by atoms with E-state index in [1.165, 1.54) is 30.1 Å². The second-order valence-corrected chi connectivity index (χ2v) is 9.19. The molecule has 0 amide bonds. The normalized spacial score (nSPS) is 23.7. The van der Waals surface area contributed by atoms with E-state index in [1.54, 1.807) is 12.1 Å². The molecule has 0 spiro atoms. The first-order chi connectivity index (χ1) is 15.2. The number of imidazole rings is 1. The van der Waals surface area contributed by atoms with Gasteiger partial charge in [-0.15, -0.1) is 0 Å². The fraction of sp³-hybridized carbons (Fsp3) is 0.389. The minimum atomic E-state index is -3.50. The van der Waals surface area contributed by atoms with Crippen LogP contribution in [0.5, 0.6) is 0 Å². The van der Waals surface area contributed by atoms with Crippen LogP contribution in [0.4, 0.5) is 5.95 Å². The molecule has 0 unspecified atom stereocenters. The Morgan fingerprint density at radius 2 is 1.97 bits per heavy atom. The summed E-state index contributed by atoms with van der Waals surface area (Å²) in [6.45, 7) is 0.586. The molecule has 0 saturated carbocycles. The number of benzene rings is 1. The number of nitrogens with zero attached hydrogens (tertiary/aromatic N) is 3. The van der Waals surface area contributed by atoms with E-state index in [9.17, 15) is 23.4 Å². The maximum atomic E-state index is 12.0. The van der Waals surface area contributed by atoms with Crippen LogP contribution in [0, 0.1) is 0 Å². The third-order valence-electron chi connectivity index (χ3n) is 5.24. The van der Waals surface area contributed by atoms with E-state index in [4.69, 9.17) is 10.5 Å². The van der Waals surface area contributed by atoms with Crippen molar-refractivity contribution < 1.29 is 23.4 Å². The molecule has 14 heteroatoms. The number of fused-ring (bicyclic) bond motifs is 1. The maximum Gasteiger partial charge on any atom is 0.280 e. The van der Waals surface area contributed by atoms with Crippen LogP contribution in [0.15, 0.2) is 40.3 Å². The highest BCUT2D eigenvalue weighted by atomic mass is 32.2. The predicted octanol–water partition coefficient (Wildman–Crippen LogP) is -1.98. The van der Waals surface area contributed by atoms with Crippen LogP contribution >= 0.6 is 0 Å². The number of hydrogen-bond acceptors (Lipinski definition) is 10. The average Bonchev–Trinajstić information content (AvgIpc) is 3.30. The lowest BCUT2D eigenvalue weighted by atomic mass is 10.1. The van der Waals surface area contributed by atoms with Gasteiger partial charge in [-0.05, 0) is 24.7 Å². The van der Waals surface area contributed by atoms with Crippen LogP contribution < -0.4 is 21.3 Å². The zero-order valence-corrected chi connectivity index (χ0v) is 17.8. The molecule has 1 saturated heterocycles. The van der Waals surface area contributed by atoms with Gasteiger partial charge in [0.2, 0.25) is 16.0 Å². The molecule has 1 aromatic carbocycles. The highest BCUT2D eigenvalue weighted by Crippen LogP contribution is 2.30. The van der Waals surface area contributed by atoms with Gasteiger partial charge >= 0.3 is 0 Å². The number of aliphatic hydroxyl groups is 2. The molecular weight excluding hydrogens is 442 g/mol. The number of rotatable bonds is 7. The minimum Gasteiger partial charge on any atom is -0.387 e. The van der Waals surface area contributed by atoms with Crippen molar-refractivity contribution in [3.05, 3.63) is 46.5 Å². The van der Waals surface area contributed by atoms with Gasteiger partial charge in [-0.1, -0.05) is 12.1 Å². The van der Waals surface area contributed by atoms with E-state index in [0.717, 1.165) is 5.56 Å². The SMILES string of the molecule is CNS(=O)(=O)c1ccc(CNC[C@H]2O[C@@H](n3cnc4c(=O)[nH]c(N)nc43)[C@H](O)[C@@H]2O)cc1. The Balaban J connectivity index is 1.42. The van der Waals surface area contributed by atoms with Gasteiger partial charge in [0.05, 0.1) is 11.2 Å². The maximum absolute atomic E-state index is 12.0. The van der Waals surface area contributed by atoms with Crippen molar-refractivity contribution in [3.63, 3.8) is 0 Å². The standard InChI is InChI=1S/C18H23N7O6S/c1-20-32(29,30)10-4-2-9(3-5-10)6-21-7-11-13(26)14(27)17(31-11)25-8-22-12-15(25)23-18(19)24-16(12)28/h2-5,8,11,13-14,17,20-21,26-27H,6-7H2,1H3,(H3,19,23,24,28)/t11-,13-,14-,17-/m1/s1. The summed E-state index contributed by atoms with van der Waals surface area (Å²) >= 11 is 0. The van der Waals surface area contributed by atoms with Gasteiger partial charge in [-0.3, -0.25) is 14.3 Å². The van der Waals surface area contributed by atoms with Gasteiger partial charge in [-0.2, -0.15) is 4.98 Å². The molecule has 0 radical (unpaired) electrons. The number of aliphatic hydroxyl groups excluding tert-OH is 2. The molecule has 3 heterocycles. The van der Waals surface area contributed by atoms with Crippen molar-refractivity contribution in [2.45, 2.75) is 36.0 Å². The van der Waals surface area contributed by atoms with Gasteiger partial charge < -0.3 is 26.0 Å². The summed E-state index contributed by atoms with van der Waals surface area (Å²) in [5.74, 6) is -0.107. The summed E-state index contributed by atoms with van der Waals surface area (Å²) in [5, 5.41) is 24.0. The summed E-state index contributed by atoms with van der Waals surface area (Å²) in [4.78, 5) is 22.5. The number of anilines is 1. The lowest BCUT2D eigenvalue weighted by molar-refractivity contribution is -0.0342. The molecule has 0 aliphatic carbocycles. The van der Waals surface area contributed by atoms with Crippen LogP contribution in [0.1, 0.15) is 11.8 Å². The molecule has 2 aromatic heterocycles. The van der Waals surface area contributed by atoms with Crippen molar-refractivity contribution in [2.75, 3.05) is 19.3 Å². The molecule has 1 aliphatic heterocycles. The van der Waals surface area contributed by atoms with Gasteiger partial charge in [0.25, 0.3) is 5.56 Å². The average molecular weight is 465 g/mol. The molecule has 4 atom stereocenters. The summed E-state index contributed by atoms with van der Waals surface area (Å²) < 4.78 is 33.0. The van der Waals surface area contributed by atoms with Crippen molar-refractivity contribution in [1.29, 1.82) is 0 Å². The lowest BCUT2D eigenvalue weighted by Crippen LogP contribution is -2.37. The number of aromatic amines is 1. The molecular formula is C18H23N7O6S. The van der Waals surface area contributed by atoms with Gasteiger partial charge in [0, 0.05) is 13.1 Å². The number of ether oxygens (including phenoxy) is 1. The van der Waals surface area contributed by atoms with Crippen molar-refractivity contribution in [3.8, 4) is 0 Å². The summed E-state index contributed by atoms with van der Waals surface area (Å²) in [6, 6.07) is 6.33. The molecule has 172 valence electrons. The fourth-order valence-electron chi connectivity index (χ4n) is 3.52. The molecule has 4 rings (SSSR count). The number of nitrogen functional groups attached to an aromatic ring is 1. The van der Waals surface area contributed by atoms with E-state index >= 15 is 0 Å². The van der Waals surface area contributed by atoms with E-state index in [1.807, 2.05) is 0 Å². The van der Waals surface area contributed by atoms with E-state index in [2.05, 4.69) is 25.0 Å². The van der Waals surface area contributed by atoms with Crippen LogP contribution in [0.25, 0.3) is 11.2 Å². The fourth-order valence-corrected chi connectivity index (χ4v) is 4.25. The number of nitrogens with two attached hydrogens (primary N) is 1. The summed E-state index contributed by atoms with van der Waals surface area (Å²) in [6.07, 6.45) is -2.96. The summed E-state index contributed by atoms with van der Waals surface area (Å²) in [5.41, 5.74) is 6.07. The van der Waals surface area contributed by atoms with Crippen molar-refractivity contribution in [1.82, 2.24) is 29.6 Å². The topological polar surface area (TPSA) is 197 Å². The van der Waals surface area contributed by atoms with Crippen LogP contribution in [-0.2, 0) is 21.3 Å². The third kappa shape index (κ3) is 4.11. The Morgan fingerprint density at radius 3 is 2.66 bits per heavy atom. The van der Waals surface area contributed by atoms with Crippen LogP contribution in [0.2, 0.25) is 0 Å². The highest BCUT2D eigenvalue weighted by Gasteiger charge is 2.44. The van der Waals surface area contributed by atoms with Crippen LogP contribution in [-0.4, -0.2) is 70.1 Å². The molecule has 13 nitrogen and oxygen atoms in total. The second kappa shape index (κ2) is 8.57. The highest BCUT2D eigenvalue weighted by molar-refractivity contribution is 7.89. The van der Waals surface area contributed by atoms with E-state index in [-0.39, 0.29) is 28.6 Å². The number of nitrogens with one attached hydrogen (secondary N) is 3. The van der Waals surface area contributed by atoms with Gasteiger partial charge in [0.1, 0.15) is 18.3 Å². The first kappa shape index (κ1) is 22.3. The molecule has 32 heavy (non-hydrogen) atoms. The Morgan fingerprint density at radius 1 is 1.25 bits per heavy atom. The number of sulfonamides is 1. The zero-order valence-electron chi connectivity index (χ0n) is 17.0. The summed E-state index contributed by atoms with van der Waals surface area (Å²) in [7, 11) is -2.16. The predicted molar refractivity (Wildman–Crippen MR) is 113 cm³/mol. The monoisotopic (exact) mass is 465 g/mol. The van der Waals surface area contributed by atoms with Gasteiger partial charge in [0.15, 0.2) is 17.4 Å².